The first-order valence-corrected chi connectivity index (χ1v) is 10.9. The molecule has 1 aromatic rings. The first kappa shape index (κ1) is 21.8. The maximum absolute atomic E-state index is 11.2. The topological polar surface area (TPSA) is 83.5 Å². The SMILES string of the molecule is CCCC[C@](C)(O)C/C=C/[C@@H]1[C@H]2CC(Cc3ccc(C(N)=O)cc3)=C[C@H]2C[C@H]1O. The molecule has 0 heterocycles. The molecule has 0 spiro atoms. The van der Waals surface area contributed by atoms with Gasteiger partial charge in [0.25, 0.3) is 0 Å². The summed E-state index contributed by atoms with van der Waals surface area (Å²) in [6.07, 6.45) is 12.5. The van der Waals surface area contributed by atoms with Gasteiger partial charge >= 0.3 is 0 Å². The predicted molar refractivity (Wildman–Crippen MR) is 116 cm³/mol. The number of rotatable bonds is 9. The van der Waals surface area contributed by atoms with Crippen LogP contribution in [0.4, 0.5) is 0 Å². The van der Waals surface area contributed by atoms with Gasteiger partial charge in [0, 0.05) is 11.5 Å². The number of allylic oxidation sites excluding steroid dienone is 2. The van der Waals surface area contributed by atoms with Crippen molar-refractivity contribution in [3.8, 4) is 0 Å². The van der Waals surface area contributed by atoms with E-state index in [1.165, 1.54) is 11.1 Å². The van der Waals surface area contributed by atoms with Crippen LogP contribution in [0.25, 0.3) is 0 Å². The Hall–Kier alpha value is -1.91. The van der Waals surface area contributed by atoms with E-state index in [1.807, 2.05) is 19.1 Å². The lowest BCUT2D eigenvalue weighted by Gasteiger charge is -2.22. The number of hydrogen-bond donors (Lipinski definition) is 3. The maximum Gasteiger partial charge on any atom is 0.248 e. The van der Waals surface area contributed by atoms with Gasteiger partial charge in [0.1, 0.15) is 0 Å². The summed E-state index contributed by atoms with van der Waals surface area (Å²) >= 11 is 0. The van der Waals surface area contributed by atoms with Gasteiger partial charge in [-0.05, 0) is 68.6 Å². The van der Waals surface area contributed by atoms with E-state index in [-0.39, 0.29) is 12.0 Å². The van der Waals surface area contributed by atoms with Crippen molar-refractivity contribution >= 4 is 5.91 Å². The van der Waals surface area contributed by atoms with Crippen LogP contribution in [0.1, 0.15) is 68.3 Å². The van der Waals surface area contributed by atoms with Gasteiger partial charge in [-0.2, -0.15) is 0 Å². The van der Waals surface area contributed by atoms with Crippen molar-refractivity contribution in [1.82, 2.24) is 0 Å². The molecule has 0 aliphatic heterocycles. The fourth-order valence-electron chi connectivity index (χ4n) is 4.92. The molecular weight excluding hydrogens is 362 g/mol. The average molecular weight is 398 g/mol. The maximum atomic E-state index is 11.2. The Kier molecular flexibility index (Phi) is 6.97. The Morgan fingerprint density at radius 2 is 2.03 bits per heavy atom. The zero-order valence-corrected chi connectivity index (χ0v) is 17.7. The van der Waals surface area contributed by atoms with E-state index in [0.717, 1.165) is 38.5 Å². The van der Waals surface area contributed by atoms with Crippen LogP contribution in [-0.2, 0) is 6.42 Å². The second kappa shape index (κ2) is 9.27. The van der Waals surface area contributed by atoms with Gasteiger partial charge in [0.05, 0.1) is 11.7 Å². The molecule has 2 aliphatic rings. The van der Waals surface area contributed by atoms with E-state index in [0.29, 0.717) is 23.8 Å². The third kappa shape index (κ3) is 5.58. The lowest BCUT2D eigenvalue weighted by molar-refractivity contribution is 0.0513. The summed E-state index contributed by atoms with van der Waals surface area (Å²) in [6, 6.07) is 7.51. The van der Waals surface area contributed by atoms with Crippen molar-refractivity contribution in [3.05, 3.63) is 59.2 Å². The predicted octanol–water partition coefficient (Wildman–Crippen LogP) is 4.16. The van der Waals surface area contributed by atoms with Crippen LogP contribution in [0.5, 0.6) is 0 Å². The molecule has 4 heteroatoms. The molecule has 0 radical (unpaired) electrons. The van der Waals surface area contributed by atoms with Crippen LogP contribution in [0.3, 0.4) is 0 Å². The van der Waals surface area contributed by atoms with E-state index in [4.69, 9.17) is 5.73 Å². The fraction of sp³-hybridized carbons (Fsp3) is 0.560. The Morgan fingerprint density at radius 3 is 2.69 bits per heavy atom. The van der Waals surface area contributed by atoms with Gasteiger partial charge in [0.2, 0.25) is 5.91 Å². The minimum atomic E-state index is -0.661. The molecule has 4 nitrogen and oxygen atoms in total. The number of amides is 1. The van der Waals surface area contributed by atoms with Gasteiger partial charge in [0.15, 0.2) is 0 Å². The molecule has 0 unspecified atom stereocenters. The number of nitrogens with two attached hydrogens (primary N) is 1. The van der Waals surface area contributed by atoms with Crippen LogP contribution >= 0.6 is 0 Å². The van der Waals surface area contributed by atoms with E-state index in [2.05, 4.69) is 25.2 Å². The van der Waals surface area contributed by atoms with Crippen LogP contribution in [0.2, 0.25) is 0 Å². The van der Waals surface area contributed by atoms with E-state index in [1.54, 1.807) is 12.1 Å². The van der Waals surface area contributed by atoms with Gasteiger partial charge in [-0.3, -0.25) is 4.79 Å². The highest BCUT2D eigenvalue weighted by molar-refractivity contribution is 5.92. The molecule has 1 amide bonds. The summed E-state index contributed by atoms with van der Waals surface area (Å²) in [5, 5.41) is 21.0. The number of unbranched alkanes of at least 4 members (excludes halogenated alkanes) is 1. The molecule has 4 N–H and O–H groups in total. The van der Waals surface area contributed by atoms with Crippen LogP contribution in [-0.4, -0.2) is 27.8 Å². The zero-order chi connectivity index (χ0) is 21.0. The lowest BCUT2D eigenvalue weighted by atomic mass is 9.87. The molecule has 1 fully saturated rings. The quantitative estimate of drug-likeness (QED) is 0.547. The normalized spacial score (nSPS) is 28.3. The summed E-state index contributed by atoms with van der Waals surface area (Å²) in [6.45, 7) is 4.04. The second-order valence-electron chi connectivity index (χ2n) is 9.21. The first-order chi connectivity index (χ1) is 13.8. The monoisotopic (exact) mass is 397 g/mol. The summed E-state index contributed by atoms with van der Waals surface area (Å²) < 4.78 is 0. The van der Waals surface area contributed by atoms with Crippen LogP contribution in [0.15, 0.2) is 48.1 Å². The van der Waals surface area contributed by atoms with Crippen LogP contribution in [0, 0.1) is 17.8 Å². The molecule has 1 saturated carbocycles. The highest BCUT2D eigenvalue weighted by Crippen LogP contribution is 2.48. The molecule has 29 heavy (non-hydrogen) atoms. The van der Waals surface area contributed by atoms with Crippen molar-refractivity contribution < 1.29 is 15.0 Å². The lowest BCUT2D eigenvalue weighted by Crippen LogP contribution is -2.23. The van der Waals surface area contributed by atoms with E-state index in [9.17, 15) is 15.0 Å². The number of aliphatic hydroxyl groups is 2. The summed E-state index contributed by atoms with van der Waals surface area (Å²) in [4.78, 5) is 11.2. The summed E-state index contributed by atoms with van der Waals surface area (Å²) in [5.74, 6) is 0.637. The number of aliphatic hydroxyl groups excluding tert-OH is 1. The van der Waals surface area contributed by atoms with Crippen molar-refractivity contribution in [2.24, 2.45) is 23.5 Å². The van der Waals surface area contributed by atoms with Crippen molar-refractivity contribution in [3.63, 3.8) is 0 Å². The molecular formula is C25H35NO3. The second-order valence-corrected chi connectivity index (χ2v) is 9.21. The third-order valence-corrected chi connectivity index (χ3v) is 6.60. The number of fused-ring (bicyclic) bond motifs is 1. The molecule has 2 aliphatic carbocycles. The van der Waals surface area contributed by atoms with Crippen molar-refractivity contribution in [2.45, 2.75) is 70.5 Å². The fourth-order valence-corrected chi connectivity index (χ4v) is 4.92. The molecule has 0 aromatic heterocycles. The zero-order valence-electron chi connectivity index (χ0n) is 17.7. The Morgan fingerprint density at radius 1 is 1.31 bits per heavy atom. The standard InChI is InChI=1S/C25H35NO3/c1-3-4-11-25(2,29)12-5-6-21-22-15-18(14-20(22)16-23(21)27)13-17-7-9-19(10-8-17)24(26)28/h5-10,14,20-23,27,29H,3-4,11-13,15-16H2,1-2H3,(H2,26,28)/b6-5+/t20-,21+,22-,23+,25-/m0/s1. The number of hydrogen-bond acceptors (Lipinski definition) is 3. The average Bonchev–Trinajstić information content (AvgIpc) is 3.17. The first-order valence-electron chi connectivity index (χ1n) is 10.9. The summed E-state index contributed by atoms with van der Waals surface area (Å²) in [7, 11) is 0. The minimum Gasteiger partial charge on any atom is -0.392 e. The Balaban J connectivity index is 1.57. The van der Waals surface area contributed by atoms with Gasteiger partial charge < -0.3 is 15.9 Å². The van der Waals surface area contributed by atoms with E-state index < -0.39 is 11.5 Å². The van der Waals surface area contributed by atoms with Gasteiger partial charge in [-0.25, -0.2) is 0 Å². The Bertz CT molecular complexity index is 763. The van der Waals surface area contributed by atoms with Crippen molar-refractivity contribution in [1.29, 1.82) is 0 Å². The molecule has 5 atom stereocenters. The van der Waals surface area contributed by atoms with Crippen molar-refractivity contribution in [2.75, 3.05) is 0 Å². The molecule has 158 valence electrons. The molecule has 0 bridgehead atoms. The largest absolute Gasteiger partial charge is 0.392 e. The van der Waals surface area contributed by atoms with Gasteiger partial charge in [-0.15, -0.1) is 0 Å². The molecule has 0 saturated heterocycles. The highest BCUT2D eigenvalue weighted by Gasteiger charge is 2.43. The third-order valence-electron chi connectivity index (χ3n) is 6.60. The summed E-state index contributed by atoms with van der Waals surface area (Å²) in [5.41, 5.74) is 7.78. The number of primary amides is 1. The number of carbonyl (C=O) groups excluding carboxylic acids is 1. The number of benzene rings is 1. The minimum absolute atomic E-state index is 0.160. The van der Waals surface area contributed by atoms with Crippen LogP contribution < -0.4 is 5.73 Å². The Labute approximate surface area is 174 Å². The number of carbonyl (C=O) groups is 1. The molecule has 3 rings (SSSR count). The van der Waals surface area contributed by atoms with Gasteiger partial charge in [-0.1, -0.05) is 55.7 Å². The smallest absolute Gasteiger partial charge is 0.248 e. The van der Waals surface area contributed by atoms with E-state index >= 15 is 0 Å². The highest BCUT2D eigenvalue weighted by atomic mass is 16.3. The molecule has 1 aromatic carbocycles.